The smallest absolute Gasteiger partial charge is 0.117 e. The predicted molar refractivity (Wildman–Crippen MR) is 71.4 cm³/mol. The van der Waals surface area contributed by atoms with E-state index < -0.39 is 0 Å². The van der Waals surface area contributed by atoms with Crippen LogP contribution in [-0.2, 0) is 6.54 Å². The van der Waals surface area contributed by atoms with Crippen molar-refractivity contribution in [2.75, 3.05) is 6.54 Å². The van der Waals surface area contributed by atoms with E-state index in [0.29, 0.717) is 12.0 Å². The van der Waals surface area contributed by atoms with Crippen LogP contribution in [0.2, 0.25) is 0 Å². The highest BCUT2D eigenvalue weighted by molar-refractivity contribution is 5.00. The Bertz CT molecular complexity index is 459. The molecule has 18 heavy (non-hydrogen) atoms. The molecule has 4 nitrogen and oxygen atoms in total. The van der Waals surface area contributed by atoms with Gasteiger partial charge in [0.25, 0.3) is 0 Å². The van der Waals surface area contributed by atoms with Gasteiger partial charge >= 0.3 is 0 Å². The van der Waals surface area contributed by atoms with Crippen LogP contribution >= 0.6 is 0 Å². The van der Waals surface area contributed by atoms with Crippen molar-refractivity contribution in [3.05, 3.63) is 42.4 Å². The summed E-state index contributed by atoms with van der Waals surface area (Å²) in [6.07, 6.45) is 5.63. The molecule has 0 saturated heterocycles. The molecule has 1 N–H and O–H groups in total. The molecule has 1 unspecified atom stereocenters. The maximum atomic E-state index is 5.29. The van der Waals surface area contributed by atoms with E-state index in [4.69, 9.17) is 4.42 Å². The van der Waals surface area contributed by atoms with Crippen LogP contribution < -0.4 is 5.32 Å². The lowest BCUT2D eigenvalue weighted by Crippen LogP contribution is -2.24. The van der Waals surface area contributed by atoms with Gasteiger partial charge in [-0.25, -0.2) is 4.98 Å². The topological polar surface area (TPSA) is 43.0 Å². The van der Waals surface area contributed by atoms with Gasteiger partial charge in [0, 0.05) is 30.9 Å². The number of furan rings is 1. The number of aromatic nitrogens is 2. The number of nitrogens with zero attached hydrogens (tertiary/aromatic N) is 2. The molecule has 1 atom stereocenters. The summed E-state index contributed by atoms with van der Waals surface area (Å²) >= 11 is 0. The van der Waals surface area contributed by atoms with E-state index in [0.717, 1.165) is 24.7 Å². The summed E-state index contributed by atoms with van der Waals surface area (Å²) in [7, 11) is 0. The number of nitrogens with one attached hydrogen (secondary N) is 1. The third-order valence-electron chi connectivity index (χ3n) is 3.01. The molecular weight excluding hydrogens is 226 g/mol. The number of hydrogen-bond donors (Lipinski definition) is 1. The lowest BCUT2D eigenvalue weighted by atomic mass is 10.2. The van der Waals surface area contributed by atoms with E-state index in [-0.39, 0.29) is 0 Å². The highest BCUT2D eigenvalue weighted by Gasteiger charge is 2.12. The summed E-state index contributed by atoms with van der Waals surface area (Å²) in [6.45, 7) is 8.20. The van der Waals surface area contributed by atoms with Crippen molar-refractivity contribution >= 4 is 0 Å². The number of hydrogen-bond acceptors (Lipinski definition) is 3. The monoisotopic (exact) mass is 247 g/mol. The molecule has 0 fully saturated rings. The van der Waals surface area contributed by atoms with Gasteiger partial charge < -0.3 is 14.3 Å². The van der Waals surface area contributed by atoms with Gasteiger partial charge in [-0.1, -0.05) is 13.8 Å². The molecule has 0 aliphatic carbocycles. The lowest BCUT2D eigenvalue weighted by molar-refractivity contribution is 0.437. The molecule has 98 valence electrons. The summed E-state index contributed by atoms with van der Waals surface area (Å²) in [5, 5.41) is 3.40. The minimum absolute atomic E-state index is 0.389. The van der Waals surface area contributed by atoms with Crippen LogP contribution in [0.1, 0.15) is 44.3 Å². The summed E-state index contributed by atoms with van der Waals surface area (Å²) < 4.78 is 7.52. The fourth-order valence-electron chi connectivity index (χ4n) is 2.06. The summed E-state index contributed by atoms with van der Waals surface area (Å²) in [5.41, 5.74) is 0. The average Bonchev–Trinajstić information content (AvgIpc) is 2.99. The second-order valence-electron chi connectivity index (χ2n) is 4.91. The van der Waals surface area contributed by atoms with E-state index >= 15 is 0 Å². The van der Waals surface area contributed by atoms with Crippen LogP contribution in [0.15, 0.2) is 35.2 Å². The van der Waals surface area contributed by atoms with Gasteiger partial charge in [0.15, 0.2) is 0 Å². The summed E-state index contributed by atoms with van der Waals surface area (Å²) in [5.74, 6) is 2.56. The fourth-order valence-corrected chi connectivity index (χ4v) is 2.06. The minimum Gasteiger partial charge on any atom is -0.468 e. The minimum atomic E-state index is 0.389. The third-order valence-corrected chi connectivity index (χ3v) is 3.01. The third kappa shape index (κ3) is 3.01. The standard InChI is InChI=1S/C14H21N3O/c1-11(2)14-16-6-7-17(14)12(3)9-15-10-13-5-4-8-18-13/h4-8,11-12,15H,9-10H2,1-3H3. The van der Waals surface area contributed by atoms with Gasteiger partial charge in [-0.3, -0.25) is 0 Å². The van der Waals surface area contributed by atoms with Gasteiger partial charge in [-0.2, -0.15) is 0 Å². The number of rotatable bonds is 6. The van der Waals surface area contributed by atoms with Crippen molar-refractivity contribution < 1.29 is 4.42 Å². The van der Waals surface area contributed by atoms with Crippen molar-refractivity contribution in [3.63, 3.8) is 0 Å². The summed E-state index contributed by atoms with van der Waals surface area (Å²) in [4.78, 5) is 4.41. The van der Waals surface area contributed by atoms with E-state index in [9.17, 15) is 0 Å². The highest BCUT2D eigenvalue weighted by Crippen LogP contribution is 2.16. The Morgan fingerprint density at radius 3 is 2.89 bits per heavy atom. The normalized spacial score (nSPS) is 13.1. The van der Waals surface area contributed by atoms with Crippen molar-refractivity contribution in [2.45, 2.75) is 39.3 Å². The lowest BCUT2D eigenvalue weighted by Gasteiger charge is -2.18. The molecular formula is C14H21N3O. The van der Waals surface area contributed by atoms with Gasteiger partial charge in [0.05, 0.1) is 12.8 Å². The van der Waals surface area contributed by atoms with E-state index in [2.05, 4.69) is 41.8 Å². The Labute approximate surface area is 108 Å². The molecule has 0 aliphatic rings. The molecule has 2 rings (SSSR count). The highest BCUT2D eigenvalue weighted by atomic mass is 16.3. The Morgan fingerprint density at radius 2 is 2.22 bits per heavy atom. The van der Waals surface area contributed by atoms with Crippen LogP contribution in [0.25, 0.3) is 0 Å². The van der Waals surface area contributed by atoms with Crippen molar-refractivity contribution in [3.8, 4) is 0 Å². The van der Waals surface area contributed by atoms with Gasteiger partial charge in [-0.05, 0) is 19.1 Å². The second-order valence-corrected chi connectivity index (χ2v) is 4.91. The van der Waals surface area contributed by atoms with Gasteiger partial charge in [0.2, 0.25) is 0 Å². The van der Waals surface area contributed by atoms with E-state index in [1.54, 1.807) is 6.26 Å². The first-order valence-corrected chi connectivity index (χ1v) is 6.44. The SMILES string of the molecule is CC(C)c1nccn1C(C)CNCc1ccco1. The van der Waals surface area contributed by atoms with Crippen molar-refractivity contribution in [2.24, 2.45) is 0 Å². The molecule has 0 saturated carbocycles. The number of imidazole rings is 1. The largest absolute Gasteiger partial charge is 0.468 e. The zero-order chi connectivity index (χ0) is 13.0. The van der Waals surface area contributed by atoms with Gasteiger partial charge in [-0.15, -0.1) is 0 Å². The first-order chi connectivity index (χ1) is 8.68. The quantitative estimate of drug-likeness (QED) is 0.853. The molecule has 0 bridgehead atoms. The molecule has 0 spiro atoms. The van der Waals surface area contributed by atoms with E-state index in [1.165, 1.54) is 0 Å². The van der Waals surface area contributed by atoms with Gasteiger partial charge in [0.1, 0.15) is 11.6 Å². The van der Waals surface area contributed by atoms with Crippen LogP contribution in [0.5, 0.6) is 0 Å². The fraction of sp³-hybridized carbons (Fsp3) is 0.500. The Hall–Kier alpha value is -1.55. The van der Waals surface area contributed by atoms with Crippen LogP contribution in [0, 0.1) is 0 Å². The molecule has 2 aromatic heterocycles. The second kappa shape index (κ2) is 5.87. The Balaban J connectivity index is 1.87. The molecule has 2 heterocycles. The maximum Gasteiger partial charge on any atom is 0.117 e. The van der Waals surface area contributed by atoms with Crippen molar-refractivity contribution in [1.29, 1.82) is 0 Å². The first-order valence-electron chi connectivity index (χ1n) is 6.44. The maximum absolute atomic E-state index is 5.29. The molecule has 0 aromatic carbocycles. The molecule has 0 radical (unpaired) electrons. The average molecular weight is 247 g/mol. The van der Waals surface area contributed by atoms with Crippen LogP contribution in [0.4, 0.5) is 0 Å². The predicted octanol–water partition coefficient (Wildman–Crippen LogP) is 2.95. The van der Waals surface area contributed by atoms with Crippen LogP contribution in [0.3, 0.4) is 0 Å². The zero-order valence-electron chi connectivity index (χ0n) is 11.3. The van der Waals surface area contributed by atoms with Crippen molar-refractivity contribution in [1.82, 2.24) is 14.9 Å². The van der Waals surface area contributed by atoms with Crippen LogP contribution in [-0.4, -0.2) is 16.1 Å². The first kappa shape index (κ1) is 12.9. The Kier molecular flexibility index (Phi) is 4.20. The molecule has 2 aromatic rings. The van der Waals surface area contributed by atoms with E-state index in [1.807, 2.05) is 18.3 Å². The molecule has 0 aliphatic heterocycles. The molecule has 4 heteroatoms. The molecule has 0 amide bonds. The Morgan fingerprint density at radius 1 is 1.39 bits per heavy atom. The summed E-state index contributed by atoms with van der Waals surface area (Å²) in [6, 6.07) is 4.28. The zero-order valence-corrected chi connectivity index (χ0v) is 11.3.